The first kappa shape index (κ1) is 9.64. The molecule has 1 aromatic rings. The molecule has 5 heteroatoms. The number of aliphatic hydroxyl groups excluding tert-OH is 1. The predicted octanol–water partition coefficient (Wildman–Crippen LogP) is -0.941. The van der Waals surface area contributed by atoms with Crippen LogP contribution in [-0.2, 0) is 0 Å². The summed E-state index contributed by atoms with van der Waals surface area (Å²) in [5, 5.41) is 9.83. The molecule has 2 atom stereocenters. The summed E-state index contributed by atoms with van der Waals surface area (Å²) in [6.45, 7) is 3.06. The van der Waals surface area contributed by atoms with Gasteiger partial charge in [-0.15, -0.1) is 0 Å². The number of aliphatic hydroxyl groups is 1. The first-order valence-corrected chi connectivity index (χ1v) is 4.89. The van der Waals surface area contributed by atoms with Crippen LogP contribution in [0.3, 0.4) is 0 Å². The van der Waals surface area contributed by atoms with E-state index in [0.717, 1.165) is 13.1 Å². The highest BCUT2D eigenvalue weighted by atomic mass is 16.3. The van der Waals surface area contributed by atoms with E-state index in [2.05, 4.69) is 9.88 Å². The summed E-state index contributed by atoms with van der Waals surface area (Å²) in [7, 11) is 0. The van der Waals surface area contributed by atoms with Crippen LogP contribution in [0.25, 0.3) is 0 Å². The second kappa shape index (κ2) is 4.08. The SMILES string of the molecule is NCCN1C[C@H](O)[C@@H](n2ccnc2)C1. The number of likely N-dealkylation sites (tertiary alicyclic amines) is 1. The smallest absolute Gasteiger partial charge is 0.0949 e. The molecule has 0 radical (unpaired) electrons. The van der Waals surface area contributed by atoms with E-state index in [1.165, 1.54) is 0 Å². The van der Waals surface area contributed by atoms with Gasteiger partial charge in [0.05, 0.1) is 18.5 Å². The van der Waals surface area contributed by atoms with Crippen molar-refractivity contribution in [2.75, 3.05) is 26.2 Å². The van der Waals surface area contributed by atoms with Crippen molar-refractivity contribution in [3.05, 3.63) is 18.7 Å². The Balaban J connectivity index is 2.01. The summed E-state index contributed by atoms with van der Waals surface area (Å²) in [5.74, 6) is 0. The van der Waals surface area contributed by atoms with Gasteiger partial charge in [0.2, 0.25) is 0 Å². The minimum Gasteiger partial charge on any atom is -0.390 e. The first-order chi connectivity index (χ1) is 6.81. The average molecular weight is 196 g/mol. The maximum absolute atomic E-state index is 9.83. The molecule has 14 heavy (non-hydrogen) atoms. The van der Waals surface area contributed by atoms with Gasteiger partial charge in [0.15, 0.2) is 0 Å². The van der Waals surface area contributed by atoms with Crippen LogP contribution in [0.1, 0.15) is 6.04 Å². The van der Waals surface area contributed by atoms with E-state index in [-0.39, 0.29) is 12.1 Å². The van der Waals surface area contributed by atoms with Crippen molar-refractivity contribution in [2.24, 2.45) is 5.73 Å². The van der Waals surface area contributed by atoms with Crippen molar-refractivity contribution < 1.29 is 5.11 Å². The molecular formula is C9H16N4O. The van der Waals surface area contributed by atoms with Crippen LogP contribution in [0, 0.1) is 0 Å². The van der Waals surface area contributed by atoms with E-state index in [4.69, 9.17) is 5.73 Å². The minimum absolute atomic E-state index is 0.129. The lowest BCUT2D eigenvalue weighted by Crippen LogP contribution is -2.28. The number of hydrogen-bond donors (Lipinski definition) is 2. The topological polar surface area (TPSA) is 67.3 Å². The Kier molecular flexibility index (Phi) is 2.81. The molecule has 0 bridgehead atoms. The zero-order chi connectivity index (χ0) is 9.97. The molecule has 1 aliphatic rings. The number of nitrogens with zero attached hydrogens (tertiary/aromatic N) is 3. The van der Waals surface area contributed by atoms with E-state index in [1.54, 1.807) is 12.5 Å². The van der Waals surface area contributed by atoms with Crippen molar-refractivity contribution in [3.8, 4) is 0 Å². The summed E-state index contributed by atoms with van der Waals surface area (Å²) >= 11 is 0. The largest absolute Gasteiger partial charge is 0.390 e. The minimum atomic E-state index is -0.309. The number of hydrogen-bond acceptors (Lipinski definition) is 4. The highest BCUT2D eigenvalue weighted by molar-refractivity contribution is 4.92. The molecule has 1 aliphatic heterocycles. The standard InChI is InChI=1S/C9H16N4O/c10-1-3-12-5-8(9(14)6-12)13-4-2-11-7-13/h2,4,7-9,14H,1,3,5-6,10H2/t8-,9-/m0/s1. The van der Waals surface area contributed by atoms with Crippen LogP contribution in [0.2, 0.25) is 0 Å². The van der Waals surface area contributed by atoms with Crippen LogP contribution in [-0.4, -0.2) is 51.8 Å². The summed E-state index contributed by atoms with van der Waals surface area (Å²) < 4.78 is 1.96. The highest BCUT2D eigenvalue weighted by Gasteiger charge is 2.31. The van der Waals surface area contributed by atoms with Gasteiger partial charge in [0, 0.05) is 38.6 Å². The van der Waals surface area contributed by atoms with Gasteiger partial charge >= 0.3 is 0 Å². The number of imidazole rings is 1. The third kappa shape index (κ3) is 1.79. The van der Waals surface area contributed by atoms with Crippen LogP contribution in [0.5, 0.6) is 0 Å². The lowest BCUT2D eigenvalue weighted by atomic mass is 10.2. The second-order valence-electron chi connectivity index (χ2n) is 3.69. The molecule has 0 aliphatic carbocycles. The van der Waals surface area contributed by atoms with E-state index in [0.29, 0.717) is 13.1 Å². The molecule has 2 rings (SSSR count). The highest BCUT2D eigenvalue weighted by Crippen LogP contribution is 2.21. The fourth-order valence-electron chi connectivity index (χ4n) is 1.97. The Labute approximate surface area is 83.1 Å². The van der Waals surface area contributed by atoms with Gasteiger partial charge in [0.25, 0.3) is 0 Å². The molecule has 5 nitrogen and oxygen atoms in total. The summed E-state index contributed by atoms with van der Waals surface area (Å²) in [6.07, 6.45) is 5.06. The van der Waals surface area contributed by atoms with E-state index in [9.17, 15) is 5.11 Å². The van der Waals surface area contributed by atoms with Gasteiger partial charge in [-0.2, -0.15) is 0 Å². The second-order valence-corrected chi connectivity index (χ2v) is 3.69. The Hall–Kier alpha value is -0.910. The van der Waals surface area contributed by atoms with Crippen LogP contribution in [0.15, 0.2) is 18.7 Å². The van der Waals surface area contributed by atoms with E-state index < -0.39 is 0 Å². The molecule has 1 aromatic heterocycles. The molecule has 0 saturated carbocycles. The van der Waals surface area contributed by atoms with Gasteiger partial charge in [-0.3, -0.25) is 4.90 Å². The molecule has 0 spiro atoms. The molecule has 3 N–H and O–H groups in total. The zero-order valence-electron chi connectivity index (χ0n) is 8.08. The van der Waals surface area contributed by atoms with Crippen molar-refractivity contribution in [3.63, 3.8) is 0 Å². The molecule has 1 fully saturated rings. The van der Waals surface area contributed by atoms with Gasteiger partial charge < -0.3 is 15.4 Å². The fraction of sp³-hybridized carbons (Fsp3) is 0.667. The normalized spacial score (nSPS) is 28.4. The van der Waals surface area contributed by atoms with Crippen molar-refractivity contribution in [2.45, 2.75) is 12.1 Å². The Bertz CT molecular complexity index is 274. The third-order valence-corrected chi connectivity index (χ3v) is 2.69. The number of rotatable bonds is 3. The summed E-state index contributed by atoms with van der Waals surface area (Å²) in [5.41, 5.74) is 5.48. The Morgan fingerprint density at radius 2 is 2.36 bits per heavy atom. The van der Waals surface area contributed by atoms with E-state index in [1.807, 2.05) is 10.8 Å². The van der Waals surface area contributed by atoms with Crippen LogP contribution >= 0.6 is 0 Å². The van der Waals surface area contributed by atoms with Gasteiger partial charge in [-0.1, -0.05) is 0 Å². The zero-order valence-corrected chi connectivity index (χ0v) is 8.08. The summed E-state index contributed by atoms with van der Waals surface area (Å²) in [4.78, 5) is 6.16. The molecular weight excluding hydrogens is 180 g/mol. The lowest BCUT2D eigenvalue weighted by molar-refractivity contribution is 0.144. The third-order valence-electron chi connectivity index (χ3n) is 2.69. The predicted molar refractivity (Wildman–Crippen MR) is 52.8 cm³/mol. The van der Waals surface area contributed by atoms with Crippen LogP contribution in [0.4, 0.5) is 0 Å². The molecule has 1 saturated heterocycles. The summed E-state index contributed by atoms with van der Waals surface area (Å²) in [6, 6.07) is 0.129. The Morgan fingerprint density at radius 3 is 3.00 bits per heavy atom. The van der Waals surface area contributed by atoms with Gasteiger partial charge in [-0.05, 0) is 0 Å². The van der Waals surface area contributed by atoms with Gasteiger partial charge in [0.1, 0.15) is 0 Å². The maximum Gasteiger partial charge on any atom is 0.0949 e. The average Bonchev–Trinajstić information content (AvgIpc) is 2.74. The molecule has 78 valence electrons. The quantitative estimate of drug-likeness (QED) is 0.654. The van der Waals surface area contributed by atoms with Gasteiger partial charge in [-0.25, -0.2) is 4.98 Å². The molecule has 2 heterocycles. The van der Waals surface area contributed by atoms with Crippen LogP contribution < -0.4 is 5.73 Å². The van der Waals surface area contributed by atoms with Crippen molar-refractivity contribution >= 4 is 0 Å². The number of nitrogens with two attached hydrogens (primary N) is 1. The molecule has 0 amide bonds. The van der Waals surface area contributed by atoms with E-state index >= 15 is 0 Å². The lowest BCUT2D eigenvalue weighted by Gasteiger charge is -2.15. The van der Waals surface area contributed by atoms with Crippen molar-refractivity contribution in [1.29, 1.82) is 0 Å². The number of β-amino-alcohol motifs (C(OH)–C–C–N with tert-alkyl or cyclic N) is 1. The molecule has 0 aromatic carbocycles. The maximum atomic E-state index is 9.83. The number of aromatic nitrogens is 2. The Morgan fingerprint density at radius 1 is 1.50 bits per heavy atom. The van der Waals surface area contributed by atoms with Crippen molar-refractivity contribution in [1.82, 2.24) is 14.5 Å². The fourth-order valence-corrected chi connectivity index (χ4v) is 1.97. The molecule has 0 unspecified atom stereocenters. The monoisotopic (exact) mass is 196 g/mol. The first-order valence-electron chi connectivity index (χ1n) is 4.89.